The van der Waals surface area contributed by atoms with Crippen molar-refractivity contribution in [1.82, 2.24) is 19.9 Å². The minimum atomic E-state index is -0.342. The average Bonchev–Trinajstić information content (AvgIpc) is 3.24. The van der Waals surface area contributed by atoms with Crippen molar-refractivity contribution in [2.45, 2.75) is 23.8 Å². The lowest BCUT2D eigenvalue weighted by atomic mass is 10.2. The Bertz CT molecular complexity index is 1100. The number of nitrogens with zero attached hydrogens (tertiary/aromatic N) is 3. The molecule has 0 spiro atoms. The number of fused-ring (bicyclic) bond motifs is 1. The van der Waals surface area contributed by atoms with Gasteiger partial charge in [0.2, 0.25) is 5.91 Å². The van der Waals surface area contributed by atoms with E-state index in [4.69, 9.17) is 4.74 Å². The summed E-state index contributed by atoms with van der Waals surface area (Å²) in [5, 5.41) is 3.27. The lowest BCUT2D eigenvalue weighted by Gasteiger charge is -2.12. The molecule has 0 bridgehead atoms. The third-order valence-corrected chi connectivity index (χ3v) is 5.32. The number of imidazole rings is 1. The summed E-state index contributed by atoms with van der Waals surface area (Å²) >= 11 is 1.35. The number of amides is 1. The van der Waals surface area contributed by atoms with Gasteiger partial charge in [-0.05, 0) is 36.8 Å². The summed E-state index contributed by atoms with van der Waals surface area (Å²) in [7, 11) is 0. The number of carbonyl (C=O) groups is 1. The molecule has 2 heterocycles. The molecule has 0 saturated carbocycles. The Labute approximate surface area is 172 Å². The number of hydrogen-bond donors (Lipinski definition) is 2. The van der Waals surface area contributed by atoms with E-state index in [9.17, 15) is 4.79 Å². The van der Waals surface area contributed by atoms with E-state index in [-0.39, 0.29) is 11.2 Å². The van der Waals surface area contributed by atoms with Gasteiger partial charge in [0.25, 0.3) is 0 Å². The van der Waals surface area contributed by atoms with Crippen molar-refractivity contribution in [3.63, 3.8) is 0 Å². The summed E-state index contributed by atoms with van der Waals surface area (Å²) in [6.45, 7) is 2.34. The summed E-state index contributed by atoms with van der Waals surface area (Å²) < 4.78 is 5.77. The molecule has 146 valence electrons. The number of H-pyrrole nitrogens is 1. The van der Waals surface area contributed by atoms with Crippen LogP contribution >= 0.6 is 11.8 Å². The highest BCUT2D eigenvalue weighted by Crippen LogP contribution is 2.27. The van der Waals surface area contributed by atoms with Crippen molar-refractivity contribution in [2.24, 2.45) is 0 Å². The molecule has 0 saturated heterocycles. The van der Waals surface area contributed by atoms with E-state index < -0.39 is 0 Å². The number of aromatic amines is 1. The molecule has 1 amide bonds. The van der Waals surface area contributed by atoms with E-state index in [2.05, 4.69) is 25.3 Å². The highest BCUT2D eigenvalue weighted by Gasteiger charge is 2.18. The number of hydrogen-bond acceptors (Lipinski definition) is 6. The minimum absolute atomic E-state index is 0.112. The second kappa shape index (κ2) is 8.74. The highest BCUT2D eigenvalue weighted by atomic mass is 32.2. The van der Waals surface area contributed by atoms with Crippen molar-refractivity contribution in [1.29, 1.82) is 0 Å². The molecule has 7 nitrogen and oxygen atoms in total. The first-order chi connectivity index (χ1) is 14.2. The predicted molar refractivity (Wildman–Crippen MR) is 113 cm³/mol. The fraction of sp³-hybridized carbons (Fsp3) is 0.143. The second-order valence-corrected chi connectivity index (χ2v) is 7.66. The number of aromatic nitrogens is 4. The van der Waals surface area contributed by atoms with Gasteiger partial charge < -0.3 is 15.0 Å². The van der Waals surface area contributed by atoms with Gasteiger partial charge in [-0.3, -0.25) is 4.79 Å². The number of ether oxygens (including phenoxy) is 1. The number of rotatable bonds is 7. The molecule has 8 heteroatoms. The molecule has 0 aliphatic carbocycles. The zero-order valence-corrected chi connectivity index (χ0v) is 16.5. The molecular formula is C21H19N5O2S. The smallest absolute Gasteiger partial charge is 0.237 e. The van der Waals surface area contributed by atoms with Gasteiger partial charge in [0.15, 0.2) is 5.65 Å². The lowest BCUT2D eigenvalue weighted by Crippen LogP contribution is -2.22. The molecule has 2 aromatic heterocycles. The first-order valence-electron chi connectivity index (χ1n) is 9.07. The molecule has 0 aliphatic rings. The molecule has 2 N–H and O–H groups in total. The van der Waals surface area contributed by atoms with Crippen molar-refractivity contribution < 1.29 is 9.53 Å². The number of nitrogens with one attached hydrogen (secondary N) is 2. The first-order valence-corrected chi connectivity index (χ1v) is 9.95. The van der Waals surface area contributed by atoms with Crippen LogP contribution in [0.1, 0.15) is 12.5 Å². The zero-order chi connectivity index (χ0) is 20.1. The Hall–Kier alpha value is -3.39. The van der Waals surface area contributed by atoms with E-state index in [0.29, 0.717) is 23.0 Å². The van der Waals surface area contributed by atoms with Crippen LogP contribution in [-0.4, -0.2) is 31.1 Å². The van der Waals surface area contributed by atoms with Gasteiger partial charge in [-0.2, -0.15) is 0 Å². The van der Waals surface area contributed by atoms with Crippen molar-refractivity contribution in [3.05, 3.63) is 72.8 Å². The van der Waals surface area contributed by atoms with Crippen LogP contribution in [0.15, 0.2) is 72.3 Å². The SMILES string of the molecule is C[C@H](Sc1ncnc2nc[nH]c12)C(=O)Nc1ccc(OCc2ccccc2)cc1. The van der Waals surface area contributed by atoms with Crippen LogP contribution in [0.25, 0.3) is 11.2 Å². The van der Waals surface area contributed by atoms with Crippen LogP contribution in [0.2, 0.25) is 0 Å². The Morgan fingerprint density at radius 2 is 1.90 bits per heavy atom. The van der Waals surface area contributed by atoms with E-state index in [0.717, 1.165) is 16.8 Å². The molecule has 29 heavy (non-hydrogen) atoms. The summed E-state index contributed by atoms with van der Waals surface area (Å²) in [6, 6.07) is 17.3. The van der Waals surface area contributed by atoms with Gasteiger partial charge in [0.05, 0.1) is 11.6 Å². The maximum atomic E-state index is 12.6. The van der Waals surface area contributed by atoms with E-state index in [1.165, 1.54) is 18.1 Å². The summed E-state index contributed by atoms with van der Waals surface area (Å²) in [5.41, 5.74) is 3.13. The zero-order valence-electron chi connectivity index (χ0n) is 15.7. The quantitative estimate of drug-likeness (QED) is 0.356. The number of carbonyl (C=O) groups excluding carboxylic acids is 1. The molecule has 4 aromatic rings. The van der Waals surface area contributed by atoms with Crippen LogP contribution in [0.5, 0.6) is 5.75 Å². The third kappa shape index (κ3) is 4.72. The number of thioether (sulfide) groups is 1. The van der Waals surface area contributed by atoms with E-state index in [1.54, 1.807) is 6.33 Å². The molecule has 0 radical (unpaired) electrons. The monoisotopic (exact) mass is 405 g/mol. The molecule has 0 unspecified atom stereocenters. The molecule has 0 aliphatic heterocycles. The van der Waals surface area contributed by atoms with Crippen LogP contribution < -0.4 is 10.1 Å². The first kappa shape index (κ1) is 18.9. The Kier molecular flexibility index (Phi) is 5.71. The predicted octanol–water partition coefficient (Wildman–Crippen LogP) is 4.05. The van der Waals surface area contributed by atoms with Gasteiger partial charge in [-0.15, -0.1) is 0 Å². The van der Waals surface area contributed by atoms with Crippen LogP contribution in [0, 0.1) is 0 Å². The average molecular weight is 405 g/mol. The Morgan fingerprint density at radius 3 is 2.69 bits per heavy atom. The van der Waals surface area contributed by atoms with Crippen LogP contribution in [0.4, 0.5) is 5.69 Å². The van der Waals surface area contributed by atoms with Crippen molar-refractivity contribution in [3.8, 4) is 5.75 Å². The van der Waals surface area contributed by atoms with Crippen LogP contribution in [-0.2, 0) is 11.4 Å². The fourth-order valence-corrected chi connectivity index (χ4v) is 3.55. The summed E-state index contributed by atoms with van der Waals surface area (Å²) in [5.74, 6) is 0.635. The maximum absolute atomic E-state index is 12.6. The normalized spacial score (nSPS) is 11.9. The minimum Gasteiger partial charge on any atom is -0.489 e. The van der Waals surface area contributed by atoms with Crippen molar-refractivity contribution >= 4 is 34.5 Å². The van der Waals surface area contributed by atoms with Gasteiger partial charge in [-0.1, -0.05) is 42.1 Å². The third-order valence-electron chi connectivity index (χ3n) is 4.22. The summed E-state index contributed by atoms with van der Waals surface area (Å²) in [4.78, 5) is 28.0. The van der Waals surface area contributed by atoms with Gasteiger partial charge in [-0.25, -0.2) is 15.0 Å². The van der Waals surface area contributed by atoms with E-state index in [1.807, 2.05) is 61.5 Å². The Balaban J connectivity index is 1.33. The fourth-order valence-electron chi connectivity index (χ4n) is 2.67. The number of benzene rings is 2. The van der Waals surface area contributed by atoms with Crippen molar-refractivity contribution in [2.75, 3.05) is 5.32 Å². The molecule has 4 rings (SSSR count). The van der Waals surface area contributed by atoms with Gasteiger partial charge >= 0.3 is 0 Å². The Morgan fingerprint density at radius 1 is 1.10 bits per heavy atom. The van der Waals surface area contributed by atoms with Gasteiger partial charge in [0, 0.05) is 5.69 Å². The molecular weight excluding hydrogens is 386 g/mol. The van der Waals surface area contributed by atoms with Crippen LogP contribution in [0.3, 0.4) is 0 Å². The second-order valence-electron chi connectivity index (χ2n) is 6.33. The highest BCUT2D eigenvalue weighted by molar-refractivity contribution is 8.00. The molecule has 1 atom stereocenters. The molecule has 0 fully saturated rings. The van der Waals surface area contributed by atoms with Gasteiger partial charge in [0.1, 0.15) is 29.2 Å². The molecule has 2 aromatic carbocycles. The maximum Gasteiger partial charge on any atom is 0.237 e. The van der Waals surface area contributed by atoms with E-state index >= 15 is 0 Å². The summed E-state index contributed by atoms with van der Waals surface area (Å²) in [6.07, 6.45) is 3.01. The lowest BCUT2D eigenvalue weighted by molar-refractivity contribution is -0.115. The number of anilines is 1. The standard InChI is InChI=1S/C21H19N5O2S/c1-14(29-21-18-19(23-12-22-18)24-13-25-21)20(27)26-16-7-9-17(10-8-16)28-11-15-5-3-2-4-6-15/h2-10,12-14H,11H2,1H3,(H,26,27)(H,22,23,24,25)/t14-/m0/s1. The largest absolute Gasteiger partial charge is 0.489 e. The topological polar surface area (TPSA) is 92.8 Å².